The fourth-order valence-corrected chi connectivity index (χ4v) is 2.70. The zero-order chi connectivity index (χ0) is 14.7. The van der Waals surface area contributed by atoms with Crippen molar-refractivity contribution in [3.63, 3.8) is 0 Å². The number of anilines is 1. The van der Waals surface area contributed by atoms with E-state index in [1.54, 1.807) is 12.3 Å². The van der Waals surface area contributed by atoms with Crippen molar-refractivity contribution in [2.24, 2.45) is 0 Å². The van der Waals surface area contributed by atoms with E-state index in [1.807, 2.05) is 34.5 Å². The summed E-state index contributed by atoms with van der Waals surface area (Å²) in [5, 5.41) is 9.03. The molecule has 0 radical (unpaired) electrons. The molecule has 0 aliphatic rings. The van der Waals surface area contributed by atoms with Gasteiger partial charge in [0.15, 0.2) is 0 Å². The molecule has 0 unspecified atom stereocenters. The number of aromatic nitrogens is 2. The summed E-state index contributed by atoms with van der Waals surface area (Å²) in [5.74, 6) is -0.0968. The number of thiophene rings is 1. The largest absolute Gasteiger partial charge is 0.319 e. The van der Waals surface area contributed by atoms with Crippen LogP contribution in [0.3, 0.4) is 0 Å². The summed E-state index contributed by atoms with van der Waals surface area (Å²) in [6.07, 6.45) is 3.52. The van der Waals surface area contributed by atoms with E-state index in [0.29, 0.717) is 17.1 Å². The first kappa shape index (κ1) is 13.6. The van der Waals surface area contributed by atoms with E-state index in [0.717, 1.165) is 0 Å². The van der Waals surface area contributed by atoms with Gasteiger partial charge in [-0.3, -0.25) is 9.48 Å². The lowest BCUT2D eigenvalue weighted by atomic mass is 10.1. The van der Waals surface area contributed by atoms with E-state index in [1.165, 1.54) is 22.5 Å². The summed E-state index contributed by atoms with van der Waals surface area (Å²) < 4.78 is 1.83. The van der Waals surface area contributed by atoms with Gasteiger partial charge in [0.25, 0.3) is 5.91 Å². The SMILES string of the molecule is Cc1ccccc1Cn1cc(NC(=O)c2cccs2)cn1. The minimum atomic E-state index is -0.0968. The van der Waals surface area contributed by atoms with Gasteiger partial charge in [-0.05, 0) is 29.5 Å². The van der Waals surface area contributed by atoms with Crippen LogP contribution in [-0.2, 0) is 6.54 Å². The number of carbonyl (C=O) groups excluding carboxylic acids is 1. The molecule has 0 saturated carbocycles. The highest BCUT2D eigenvalue weighted by Crippen LogP contribution is 2.14. The topological polar surface area (TPSA) is 46.9 Å². The van der Waals surface area contributed by atoms with Gasteiger partial charge in [-0.2, -0.15) is 5.10 Å². The van der Waals surface area contributed by atoms with Crippen LogP contribution in [0.25, 0.3) is 0 Å². The zero-order valence-electron chi connectivity index (χ0n) is 11.6. The Morgan fingerprint density at radius 2 is 2.14 bits per heavy atom. The normalized spacial score (nSPS) is 10.5. The molecule has 0 fully saturated rings. The first-order valence-electron chi connectivity index (χ1n) is 6.64. The average Bonchev–Trinajstić information content (AvgIpc) is 3.13. The number of benzene rings is 1. The second kappa shape index (κ2) is 5.93. The summed E-state index contributed by atoms with van der Waals surface area (Å²) in [6.45, 7) is 2.78. The van der Waals surface area contributed by atoms with Gasteiger partial charge in [0.05, 0.1) is 23.3 Å². The molecule has 0 saturated heterocycles. The molecule has 2 heterocycles. The first-order chi connectivity index (χ1) is 10.2. The summed E-state index contributed by atoms with van der Waals surface area (Å²) in [6, 6.07) is 11.9. The Bertz CT molecular complexity index is 746. The number of hydrogen-bond donors (Lipinski definition) is 1. The monoisotopic (exact) mass is 297 g/mol. The van der Waals surface area contributed by atoms with Crippen molar-refractivity contribution in [1.82, 2.24) is 9.78 Å². The summed E-state index contributed by atoms with van der Waals surface area (Å²) in [5.41, 5.74) is 3.16. The molecular weight excluding hydrogens is 282 g/mol. The molecule has 5 heteroatoms. The van der Waals surface area contributed by atoms with Crippen LogP contribution in [0.1, 0.15) is 20.8 Å². The third kappa shape index (κ3) is 3.20. The third-order valence-electron chi connectivity index (χ3n) is 3.23. The van der Waals surface area contributed by atoms with Gasteiger partial charge < -0.3 is 5.32 Å². The quantitative estimate of drug-likeness (QED) is 0.800. The van der Waals surface area contributed by atoms with Crippen LogP contribution < -0.4 is 5.32 Å². The van der Waals surface area contributed by atoms with Crippen LogP contribution in [0.5, 0.6) is 0 Å². The van der Waals surface area contributed by atoms with Gasteiger partial charge >= 0.3 is 0 Å². The third-order valence-corrected chi connectivity index (χ3v) is 4.10. The molecule has 4 nitrogen and oxygen atoms in total. The lowest BCUT2D eigenvalue weighted by molar-refractivity contribution is 0.103. The van der Waals surface area contributed by atoms with Gasteiger partial charge in [0.1, 0.15) is 0 Å². The Labute approximate surface area is 127 Å². The number of nitrogens with one attached hydrogen (secondary N) is 1. The molecule has 21 heavy (non-hydrogen) atoms. The van der Waals surface area contributed by atoms with Crippen LogP contribution >= 0.6 is 11.3 Å². The van der Waals surface area contributed by atoms with E-state index in [9.17, 15) is 4.79 Å². The van der Waals surface area contributed by atoms with Crippen molar-refractivity contribution in [3.8, 4) is 0 Å². The molecular formula is C16H15N3OS. The van der Waals surface area contributed by atoms with Crippen molar-refractivity contribution in [2.45, 2.75) is 13.5 Å². The van der Waals surface area contributed by atoms with Crippen LogP contribution in [0, 0.1) is 6.92 Å². The second-order valence-corrected chi connectivity index (χ2v) is 5.73. The van der Waals surface area contributed by atoms with Crippen LogP contribution in [0.2, 0.25) is 0 Å². The Balaban J connectivity index is 1.69. The highest BCUT2D eigenvalue weighted by molar-refractivity contribution is 7.12. The molecule has 3 aromatic rings. The van der Waals surface area contributed by atoms with Crippen LogP contribution in [0.15, 0.2) is 54.2 Å². The van der Waals surface area contributed by atoms with Gasteiger partial charge in [-0.25, -0.2) is 0 Å². The Morgan fingerprint density at radius 3 is 2.90 bits per heavy atom. The standard InChI is InChI=1S/C16H15N3OS/c1-12-5-2-3-6-13(12)10-19-11-14(9-17-19)18-16(20)15-7-4-8-21-15/h2-9,11H,10H2,1H3,(H,18,20). The van der Waals surface area contributed by atoms with Gasteiger partial charge in [-0.15, -0.1) is 11.3 Å². The smallest absolute Gasteiger partial charge is 0.265 e. The van der Waals surface area contributed by atoms with Crippen LogP contribution in [0.4, 0.5) is 5.69 Å². The maximum Gasteiger partial charge on any atom is 0.265 e. The number of rotatable bonds is 4. The second-order valence-electron chi connectivity index (χ2n) is 4.78. The Hall–Kier alpha value is -2.40. The number of carbonyl (C=O) groups is 1. The average molecular weight is 297 g/mol. The van der Waals surface area contributed by atoms with E-state index >= 15 is 0 Å². The lowest BCUT2D eigenvalue weighted by Crippen LogP contribution is -2.09. The maximum absolute atomic E-state index is 12.0. The lowest BCUT2D eigenvalue weighted by Gasteiger charge is -2.05. The predicted molar refractivity (Wildman–Crippen MR) is 84.8 cm³/mol. The first-order valence-corrected chi connectivity index (χ1v) is 7.52. The maximum atomic E-state index is 12.0. The molecule has 3 rings (SSSR count). The number of hydrogen-bond acceptors (Lipinski definition) is 3. The molecule has 1 amide bonds. The summed E-state index contributed by atoms with van der Waals surface area (Å²) in [7, 11) is 0. The fraction of sp³-hybridized carbons (Fsp3) is 0.125. The molecule has 0 spiro atoms. The molecule has 0 atom stereocenters. The van der Waals surface area contributed by atoms with Gasteiger partial charge in [0.2, 0.25) is 0 Å². The van der Waals surface area contributed by atoms with E-state index < -0.39 is 0 Å². The van der Waals surface area contributed by atoms with E-state index in [2.05, 4.69) is 29.5 Å². The Kier molecular flexibility index (Phi) is 3.83. The zero-order valence-corrected chi connectivity index (χ0v) is 12.4. The number of nitrogens with zero attached hydrogens (tertiary/aromatic N) is 2. The number of aryl methyl sites for hydroxylation is 1. The van der Waals surface area contributed by atoms with E-state index in [4.69, 9.17) is 0 Å². The predicted octanol–water partition coefficient (Wildman–Crippen LogP) is 3.55. The van der Waals surface area contributed by atoms with Crippen molar-refractivity contribution in [2.75, 3.05) is 5.32 Å². The van der Waals surface area contributed by atoms with Crippen molar-refractivity contribution < 1.29 is 4.79 Å². The molecule has 1 N–H and O–H groups in total. The summed E-state index contributed by atoms with van der Waals surface area (Å²) >= 11 is 1.42. The van der Waals surface area contributed by atoms with Crippen LogP contribution in [-0.4, -0.2) is 15.7 Å². The minimum Gasteiger partial charge on any atom is -0.319 e. The molecule has 0 aliphatic heterocycles. The minimum absolute atomic E-state index is 0.0968. The molecule has 106 valence electrons. The number of amides is 1. The van der Waals surface area contributed by atoms with Gasteiger partial charge in [0, 0.05) is 6.20 Å². The molecule has 1 aromatic carbocycles. The highest BCUT2D eigenvalue weighted by atomic mass is 32.1. The van der Waals surface area contributed by atoms with Crippen molar-refractivity contribution in [1.29, 1.82) is 0 Å². The molecule has 2 aromatic heterocycles. The van der Waals surface area contributed by atoms with Crippen molar-refractivity contribution >= 4 is 22.9 Å². The van der Waals surface area contributed by atoms with E-state index in [-0.39, 0.29) is 5.91 Å². The fourth-order valence-electron chi connectivity index (χ4n) is 2.08. The highest BCUT2D eigenvalue weighted by Gasteiger charge is 2.08. The molecule has 0 bridgehead atoms. The van der Waals surface area contributed by atoms with Crippen molar-refractivity contribution in [3.05, 3.63) is 70.2 Å². The Morgan fingerprint density at radius 1 is 1.29 bits per heavy atom. The summed E-state index contributed by atoms with van der Waals surface area (Å²) in [4.78, 5) is 12.7. The molecule has 0 aliphatic carbocycles. The van der Waals surface area contributed by atoms with Gasteiger partial charge in [-0.1, -0.05) is 30.3 Å².